The predicted octanol–water partition coefficient (Wildman–Crippen LogP) is 4.71. The highest BCUT2D eigenvalue weighted by molar-refractivity contribution is 6.08. The van der Waals surface area contributed by atoms with Crippen LogP contribution in [0.25, 0.3) is 22.2 Å². The first-order valence-corrected chi connectivity index (χ1v) is 8.58. The van der Waals surface area contributed by atoms with Crippen molar-refractivity contribution in [1.29, 1.82) is 0 Å². The summed E-state index contributed by atoms with van der Waals surface area (Å²) in [6.45, 7) is 5.80. The van der Waals surface area contributed by atoms with Crippen LogP contribution >= 0.6 is 0 Å². The van der Waals surface area contributed by atoms with Crippen molar-refractivity contribution < 1.29 is 4.79 Å². The molecule has 4 heteroatoms. The zero-order valence-corrected chi connectivity index (χ0v) is 15.0. The Labute approximate surface area is 152 Å². The average Bonchev–Trinajstić information content (AvgIpc) is 3.00. The maximum absolute atomic E-state index is 13.3. The summed E-state index contributed by atoms with van der Waals surface area (Å²) in [5.74, 6) is -0.134. The molecular formula is C22H19N3O. The molecule has 0 aliphatic rings. The first-order valence-electron chi connectivity index (χ1n) is 8.58. The van der Waals surface area contributed by atoms with Gasteiger partial charge < -0.3 is 0 Å². The summed E-state index contributed by atoms with van der Waals surface area (Å²) in [5.41, 5.74) is 5.93. The van der Waals surface area contributed by atoms with Crippen molar-refractivity contribution in [3.05, 3.63) is 83.2 Å². The van der Waals surface area contributed by atoms with Crippen LogP contribution in [0.15, 0.2) is 60.7 Å². The number of aromatic nitrogens is 3. The van der Waals surface area contributed by atoms with E-state index in [1.165, 1.54) is 4.68 Å². The van der Waals surface area contributed by atoms with Crippen molar-refractivity contribution in [3.8, 4) is 11.3 Å². The SMILES string of the molecule is Cc1cc(C)n(C(=O)c2cc(-c3ccccc3)nc3c(C)cccc23)n1. The molecular weight excluding hydrogens is 322 g/mol. The van der Waals surface area contributed by atoms with E-state index in [2.05, 4.69) is 5.10 Å². The van der Waals surface area contributed by atoms with E-state index in [9.17, 15) is 4.79 Å². The molecule has 0 amide bonds. The summed E-state index contributed by atoms with van der Waals surface area (Å²) in [4.78, 5) is 18.1. The van der Waals surface area contributed by atoms with Crippen molar-refractivity contribution in [1.82, 2.24) is 14.8 Å². The van der Waals surface area contributed by atoms with Crippen LogP contribution in [0, 0.1) is 20.8 Å². The van der Waals surface area contributed by atoms with E-state index in [1.807, 2.05) is 81.4 Å². The third-order valence-corrected chi connectivity index (χ3v) is 4.54. The molecule has 0 fully saturated rings. The molecule has 0 aliphatic heterocycles. The van der Waals surface area contributed by atoms with Crippen molar-refractivity contribution in [2.45, 2.75) is 20.8 Å². The summed E-state index contributed by atoms with van der Waals surface area (Å²) in [6.07, 6.45) is 0. The third-order valence-electron chi connectivity index (χ3n) is 4.54. The smallest absolute Gasteiger partial charge is 0.267 e. The maximum Gasteiger partial charge on any atom is 0.279 e. The van der Waals surface area contributed by atoms with E-state index in [0.29, 0.717) is 5.56 Å². The van der Waals surface area contributed by atoms with Crippen LogP contribution in [0.2, 0.25) is 0 Å². The van der Waals surface area contributed by atoms with Gasteiger partial charge in [0.05, 0.1) is 22.5 Å². The van der Waals surface area contributed by atoms with Crippen molar-refractivity contribution in [3.63, 3.8) is 0 Å². The number of nitrogens with zero attached hydrogens (tertiary/aromatic N) is 3. The van der Waals surface area contributed by atoms with Crippen molar-refractivity contribution >= 4 is 16.8 Å². The van der Waals surface area contributed by atoms with Crippen LogP contribution in [-0.2, 0) is 0 Å². The summed E-state index contributed by atoms with van der Waals surface area (Å²) in [6, 6.07) is 19.6. The molecule has 0 unspecified atom stereocenters. The predicted molar refractivity (Wildman–Crippen MR) is 103 cm³/mol. The number of pyridine rings is 1. The van der Waals surface area contributed by atoms with Gasteiger partial charge in [-0.25, -0.2) is 9.67 Å². The van der Waals surface area contributed by atoms with Crippen LogP contribution in [-0.4, -0.2) is 20.7 Å². The van der Waals surface area contributed by atoms with Gasteiger partial charge in [-0.15, -0.1) is 0 Å². The first kappa shape index (κ1) is 16.2. The van der Waals surface area contributed by atoms with Gasteiger partial charge in [0, 0.05) is 16.6 Å². The highest BCUT2D eigenvalue weighted by Crippen LogP contribution is 2.27. The maximum atomic E-state index is 13.3. The molecule has 2 heterocycles. The van der Waals surface area contributed by atoms with E-state index in [1.54, 1.807) is 0 Å². The van der Waals surface area contributed by atoms with Gasteiger partial charge in [0.2, 0.25) is 0 Å². The Kier molecular flexibility index (Phi) is 3.88. The summed E-state index contributed by atoms with van der Waals surface area (Å²) in [5, 5.41) is 5.21. The second-order valence-electron chi connectivity index (χ2n) is 6.54. The lowest BCUT2D eigenvalue weighted by atomic mass is 10.0. The Balaban J connectivity index is 2.00. The van der Waals surface area contributed by atoms with Gasteiger partial charge in [0.1, 0.15) is 0 Å². The fourth-order valence-corrected chi connectivity index (χ4v) is 3.27. The lowest BCUT2D eigenvalue weighted by Crippen LogP contribution is -2.16. The molecule has 0 atom stereocenters. The normalized spacial score (nSPS) is 11.0. The van der Waals surface area contributed by atoms with Gasteiger partial charge in [-0.05, 0) is 38.5 Å². The van der Waals surface area contributed by atoms with Gasteiger partial charge in [-0.2, -0.15) is 5.10 Å². The van der Waals surface area contributed by atoms with Gasteiger partial charge in [-0.3, -0.25) is 4.79 Å². The van der Waals surface area contributed by atoms with E-state index >= 15 is 0 Å². The van der Waals surface area contributed by atoms with E-state index < -0.39 is 0 Å². The fraction of sp³-hybridized carbons (Fsp3) is 0.136. The summed E-state index contributed by atoms with van der Waals surface area (Å²) in [7, 11) is 0. The summed E-state index contributed by atoms with van der Waals surface area (Å²) >= 11 is 0. The number of benzene rings is 2. The second-order valence-corrected chi connectivity index (χ2v) is 6.54. The van der Waals surface area contributed by atoms with E-state index in [-0.39, 0.29) is 5.91 Å². The molecule has 0 saturated heterocycles. The highest BCUT2D eigenvalue weighted by Gasteiger charge is 2.18. The van der Waals surface area contributed by atoms with Gasteiger partial charge in [0.15, 0.2) is 0 Å². The zero-order valence-electron chi connectivity index (χ0n) is 15.0. The van der Waals surface area contributed by atoms with Crippen LogP contribution in [0.5, 0.6) is 0 Å². The molecule has 26 heavy (non-hydrogen) atoms. The molecule has 2 aromatic heterocycles. The van der Waals surface area contributed by atoms with Crippen molar-refractivity contribution in [2.24, 2.45) is 0 Å². The molecule has 0 spiro atoms. The van der Waals surface area contributed by atoms with E-state index in [4.69, 9.17) is 4.98 Å². The van der Waals surface area contributed by atoms with Gasteiger partial charge >= 0.3 is 0 Å². The molecule has 0 N–H and O–H groups in total. The van der Waals surface area contributed by atoms with Gasteiger partial charge in [-0.1, -0.05) is 48.5 Å². The number of carbonyl (C=O) groups excluding carboxylic acids is 1. The minimum Gasteiger partial charge on any atom is -0.267 e. The quantitative estimate of drug-likeness (QED) is 0.530. The zero-order chi connectivity index (χ0) is 18.3. The summed E-state index contributed by atoms with van der Waals surface area (Å²) < 4.78 is 1.47. The Morgan fingerprint density at radius 1 is 0.923 bits per heavy atom. The van der Waals surface area contributed by atoms with Crippen molar-refractivity contribution in [2.75, 3.05) is 0 Å². The number of fused-ring (bicyclic) bond motifs is 1. The molecule has 128 valence electrons. The molecule has 0 radical (unpaired) electrons. The number of para-hydroxylation sites is 1. The molecule has 2 aromatic carbocycles. The monoisotopic (exact) mass is 341 g/mol. The van der Waals surface area contributed by atoms with E-state index in [0.717, 1.165) is 39.1 Å². The Morgan fingerprint density at radius 2 is 1.69 bits per heavy atom. The molecule has 4 nitrogen and oxygen atoms in total. The first-order chi connectivity index (χ1) is 12.5. The molecule has 0 aliphatic carbocycles. The number of aryl methyl sites for hydroxylation is 3. The van der Waals surface area contributed by atoms with Crippen LogP contribution in [0.4, 0.5) is 0 Å². The highest BCUT2D eigenvalue weighted by atomic mass is 16.2. The molecule has 4 aromatic rings. The topological polar surface area (TPSA) is 47.8 Å². The minimum absolute atomic E-state index is 0.134. The lowest BCUT2D eigenvalue weighted by molar-refractivity contribution is 0.0944. The fourth-order valence-electron chi connectivity index (χ4n) is 3.27. The van der Waals surface area contributed by atoms with Crippen LogP contribution < -0.4 is 0 Å². The Bertz CT molecular complexity index is 1130. The third kappa shape index (κ3) is 2.69. The average molecular weight is 341 g/mol. The number of rotatable bonds is 2. The number of hydrogen-bond acceptors (Lipinski definition) is 3. The minimum atomic E-state index is -0.134. The molecule has 0 saturated carbocycles. The standard InChI is InChI=1S/C22H19N3O/c1-14-8-7-11-18-19(22(26)25-16(3)12-15(2)24-25)13-20(23-21(14)18)17-9-5-4-6-10-17/h4-13H,1-3H3. The lowest BCUT2D eigenvalue weighted by Gasteiger charge is -2.11. The molecule has 4 rings (SSSR count). The Morgan fingerprint density at radius 3 is 2.38 bits per heavy atom. The van der Waals surface area contributed by atoms with Crippen LogP contribution in [0.1, 0.15) is 27.3 Å². The number of carbonyl (C=O) groups is 1. The number of hydrogen-bond donors (Lipinski definition) is 0. The second kappa shape index (κ2) is 6.23. The van der Waals surface area contributed by atoms with Gasteiger partial charge in [0.25, 0.3) is 5.91 Å². The molecule has 0 bridgehead atoms. The largest absolute Gasteiger partial charge is 0.279 e. The Hall–Kier alpha value is -3.27. The van der Waals surface area contributed by atoms with Crippen LogP contribution in [0.3, 0.4) is 0 Å².